The van der Waals surface area contributed by atoms with Crippen LogP contribution in [0.15, 0.2) is 17.0 Å². The van der Waals surface area contributed by atoms with Gasteiger partial charge in [0, 0.05) is 24.7 Å². The molecule has 0 unspecified atom stereocenters. The van der Waals surface area contributed by atoms with Crippen LogP contribution in [-0.2, 0) is 10.0 Å². The first-order valence-corrected chi connectivity index (χ1v) is 8.42. The lowest BCUT2D eigenvalue weighted by atomic mass is 10.1. The van der Waals surface area contributed by atoms with Gasteiger partial charge in [0.25, 0.3) is 5.69 Å². The Hall–Kier alpha value is -1.67. The number of nitrogens with two attached hydrogens (primary N) is 1. The Balaban J connectivity index is 2.58. The van der Waals surface area contributed by atoms with E-state index in [0.717, 1.165) is 44.8 Å². The summed E-state index contributed by atoms with van der Waals surface area (Å²) in [5, 5.41) is 16.2. The van der Waals surface area contributed by atoms with E-state index in [1.165, 1.54) is 0 Å². The van der Waals surface area contributed by atoms with Crippen molar-refractivity contribution in [2.24, 2.45) is 5.14 Å². The molecule has 1 saturated heterocycles. The first-order chi connectivity index (χ1) is 9.80. The van der Waals surface area contributed by atoms with Gasteiger partial charge in [-0.05, 0) is 25.8 Å². The average molecular weight is 313 g/mol. The number of nitro benzene ring substituents is 1. The van der Waals surface area contributed by atoms with Crippen LogP contribution in [0, 0.1) is 17.0 Å². The van der Waals surface area contributed by atoms with E-state index < -0.39 is 14.9 Å². The monoisotopic (exact) mass is 313 g/mol. The number of primary sulfonamides is 1. The Morgan fingerprint density at radius 3 is 2.24 bits per heavy atom. The molecule has 1 aliphatic heterocycles. The van der Waals surface area contributed by atoms with Crippen LogP contribution in [0.5, 0.6) is 0 Å². The van der Waals surface area contributed by atoms with Gasteiger partial charge >= 0.3 is 0 Å². The van der Waals surface area contributed by atoms with Gasteiger partial charge in [0.15, 0.2) is 0 Å². The maximum Gasteiger partial charge on any atom is 0.273 e. The lowest BCUT2D eigenvalue weighted by molar-refractivity contribution is -0.385. The zero-order valence-corrected chi connectivity index (χ0v) is 12.7. The molecule has 2 N–H and O–H groups in total. The smallest absolute Gasteiger partial charge is 0.273 e. The summed E-state index contributed by atoms with van der Waals surface area (Å²) in [6.45, 7) is 3.08. The van der Waals surface area contributed by atoms with E-state index in [0.29, 0.717) is 11.3 Å². The van der Waals surface area contributed by atoms with Crippen molar-refractivity contribution in [2.45, 2.75) is 37.5 Å². The molecule has 1 aromatic rings. The summed E-state index contributed by atoms with van der Waals surface area (Å²) in [5.41, 5.74) is 0.687. The summed E-state index contributed by atoms with van der Waals surface area (Å²) in [6, 6.07) is 2.63. The molecular formula is C13H19N3O4S. The van der Waals surface area contributed by atoms with Gasteiger partial charge in [0.05, 0.1) is 10.6 Å². The van der Waals surface area contributed by atoms with Gasteiger partial charge in [0.1, 0.15) is 4.90 Å². The van der Waals surface area contributed by atoms with E-state index in [-0.39, 0.29) is 10.6 Å². The number of nitrogens with zero attached hydrogens (tertiary/aromatic N) is 2. The van der Waals surface area contributed by atoms with Crippen LogP contribution in [0.1, 0.15) is 31.2 Å². The number of anilines is 1. The van der Waals surface area contributed by atoms with Crippen molar-refractivity contribution >= 4 is 21.4 Å². The number of hydrogen-bond donors (Lipinski definition) is 1. The molecule has 0 saturated carbocycles. The molecule has 8 heteroatoms. The molecule has 7 nitrogen and oxygen atoms in total. The van der Waals surface area contributed by atoms with Gasteiger partial charge in [-0.2, -0.15) is 0 Å². The van der Waals surface area contributed by atoms with Crippen molar-refractivity contribution in [3.8, 4) is 0 Å². The highest BCUT2D eigenvalue weighted by Crippen LogP contribution is 2.33. The first-order valence-electron chi connectivity index (χ1n) is 6.87. The zero-order chi connectivity index (χ0) is 15.6. The highest BCUT2D eigenvalue weighted by molar-refractivity contribution is 7.89. The number of rotatable bonds is 3. The maximum atomic E-state index is 11.8. The SMILES string of the molecule is Cc1cc(N2CCCCCC2)c(S(N)(=O)=O)cc1[N+](=O)[O-]. The quantitative estimate of drug-likeness (QED) is 0.678. The van der Waals surface area contributed by atoms with Crippen LogP contribution in [0.4, 0.5) is 11.4 Å². The molecule has 0 aliphatic carbocycles. The summed E-state index contributed by atoms with van der Waals surface area (Å²) < 4.78 is 23.6. The van der Waals surface area contributed by atoms with Gasteiger partial charge in [-0.3, -0.25) is 10.1 Å². The van der Waals surface area contributed by atoms with Crippen molar-refractivity contribution in [1.29, 1.82) is 0 Å². The van der Waals surface area contributed by atoms with Crippen LogP contribution < -0.4 is 10.0 Å². The van der Waals surface area contributed by atoms with E-state index in [4.69, 9.17) is 5.14 Å². The van der Waals surface area contributed by atoms with Crippen LogP contribution in [0.2, 0.25) is 0 Å². The third kappa shape index (κ3) is 3.51. The van der Waals surface area contributed by atoms with Gasteiger partial charge in [0.2, 0.25) is 10.0 Å². The molecular weight excluding hydrogens is 294 g/mol. The van der Waals surface area contributed by atoms with Crippen molar-refractivity contribution in [3.63, 3.8) is 0 Å². The molecule has 0 aromatic heterocycles. The summed E-state index contributed by atoms with van der Waals surface area (Å²) in [5.74, 6) is 0. The molecule has 1 fully saturated rings. The lowest BCUT2D eigenvalue weighted by Crippen LogP contribution is -2.27. The van der Waals surface area contributed by atoms with Gasteiger partial charge in [-0.1, -0.05) is 12.8 Å². The lowest BCUT2D eigenvalue weighted by Gasteiger charge is -2.25. The summed E-state index contributed by atoms with van der Waals surface area (Å²) in [6.07, 6.45) is 4.15. The molecule has 2 rings (SSSR count). The second-order valence-corrected chi connectivity index (χ2v) is 6.84. The van der Waals surface area contributed by atoms with Crippen LogP contribution in [-0.4, -0.2) is 26.4 Å². The van der Waals surface area contributed by atoms with Gasteiger partial charge in [-0.15, -0.1) is 0 Å². The Kier molecular flexibility index (Phi) is 4.48. The van der Waals surface area contributed by atoms with Crippen LogP contribution in [0.25, 0.3) is 0 Å². The minimum Gasteiger partial charge on any atom is -0.370 e. The zero-order valence-electron chi connectivity index (χ0n) is 11.9. The highest BCUT2D eigenvalue weighted by Gasteiger charge is 2.25. The Morgan fingerprint density at radius 1 is 1.19 bits per heavy atom. The number of benzene rings is 1. The second kappa shape index (κ2) is 5.98. The number of nitro groups is 1. The fourth-order valence-electron chi connectivity index (χ4n) is 2.65. The number of sulfonamides is 1. The molecule has 0 spiro atoms. The third-order valence-electron chi connectivity index (χ3n) is 3.73. The standard InChI is InChI=1S/C13H19N3O4S/c1-10-8-12(15-6-4-2-3-5-7-15)13(21(14,19)20)9-11(10)16(17)18/h8-9H,2-7H2,1H3,(H2,14,19,20). The van der Waals surface area contributed by atoms with Crippen molar-refractivity contribution in [1.82, 2.24) is 0 Å². The molecule has 0 radical (unpaired) electrons. The molecule has 21 heavy (non-hydrogen) atoms. The van der Waals surface area contributed by atoms with Crippen molar-refractivity contribution < 1.29 is 13.3 Å². The predicted octanol–water partition coefficient (Wildman–Crippen LogP) is 1.93. The minimum absolute atomic E-state index is 0.165. The van der Waals surface area contributed by atoms with E-state index >= 15 is 0 Å². The fraction of sp³-hybridized carbons (Fsp3) is 0.538. The second-order valence-electron chi connectivity index (χ2n) is 5.31. The molecule has 1 heterocycles. The molecule has 1 aliphatic rings. The van der Waals surface area contributed by atoms with Gasteiger partial charge < -0.3 is 4.90 Å². The first kappa shape index (κ1) is 15.7. The Bertz CT molecular complexity index is 650. The fourth-order valence-corrected chi connectivity index (χ4v) is 3.40. The third-order valence-corrected chi connectivity index (χ3v) is 4.67. The van der Waals surface area contributed by atoms with E-state index in [2.05, 4.69) is 0 Å². The van der Waals surface area contributed by atoms with E-state index in [9.17, 15) is 18.5 Å². The molecule has 0 bridgehead atoms. The summed E-state index contributed by atoms with van der Waals surface area (Å²) in [7, 11) is -4.01. The van der Waals surface area contributed by atoms with E-state index in [1.54, 1.807) is 13.0 Å². The minimum atomic E-state index is -4.01. The Labute approximate surface area is 123 Å². The predicted molar refractivity (Wildman–Crippen MR) is 79.9 cm³/mol. The highest BCUT2D eigenvalue weighted by atomic mass is 32.2. The van der Waals surface area contributed by atoms with Crippen LogP contribution in [0.3, 0.4) is 0 Å². The van der Waals surface area contributed by atoms with Crippen molar-refractivity contribution in [3.05, 3.63) is 27.8 Å². The molecule has 116 valence electrons. The Morgan fingerprint density at radius 2 is 1.76 bits per heavy atom. The van der Waals surface area contributed by atoms with E-state index in [1.807, 2.05) is 4.90 Å². The molecule has 0 atom stereocenters. The molecule has 0 amide bonds. The van der Waals surface area contributed by atoms with Gasteiger partial charge in [-0.25, -0.2) is 13.6 Å². The topological polar surface area (TPSA) is 107 Å². The van der Waals surface area contributed by atoms with Crippen molar-refractivity contribution in [2.75, 3.05) is 18.0 Å². The normalized spacial score (nSPS) is 16.6. The molecule has 1 aromatic carbocycles. The number of hydrogen-bond acceptors (Lipinski definition) is 5. The summed E-state index contributed by atoms with van der Waals surface area (Å²) in [4.78, 5) is 12.2. The average Bonchev–Trinajstić information content (AvgIpc) is 2.65. The summed E-state index contributed by atoms with van der Waals surface area (Å²) >= 11 is 0. The van der Waals surface area contributed by atoms with Crippen LogP contribution >= 0.6 is 0 Å². The maximum absolute atomic E-state index is 11.8. The number of aryl methyl sites for hydroxylation is 1. The largest absolute Gasteiger partial charge is 0.370 e.